The number of aliphatic hydroxyl groups is 2. The minimum absolute atomic E-state index is 0.0339. The Balaban J connectivity index is 0.457. The molecule has 1 aliphatic carbocycles. The number of aromatic nitrogens is 9. The Kier molecular flexibility index (Phi) is 35.0. The highest BCUT2D eigenvalue weighted by molar-refractivity contribution is 6.39. The molecule has 7 aliphatic rings. The van der Waals surface area contributed by atoms with Crippen LogP contribution in [0.3, 0.4) is 0 Å². The van der Waals surface area contributed by atoms with Gasteiger partial charge >= 0.3 is 12.1 Å². The van der Waals surface area contributed by atoms with E-state index >= 15 is 0 Å². The minimum atomic E-state index is -2.38. The summed E-state index contributed by atoms with van der Waals surface area (Å²) in [5.74, 6) is -4.35. The summed E-state index contributed by atoms with van der Waals surface area (Å²) in [7, 11) is 3.02. The van der Waals surface area contributed by atoms with Gasteiger partial charge in [-0.15, -0.1) is 0 Å². The van der Waals surface area contributed by atoms with Crippen LogP contribution >= 0.6 is 0 Å². The molecular weight excluding hydrogens is 1720 g/mol. The maximum absolute atomic E-state index is 14.6. The Morgan fingerprint density at radius 2 is 1.40 bits per heavy atom. The molecule has 7 aromatic rings. The van der Waals surface area contributed by atoms with Crippen molar-refractivity contribution in [1.29, 1.82) is 0 Å². The highest BCUT2D eigenvalue weighted by atomic mass is 16.6. The normalized spacial score (nSPS) is 26.0. The first-order chi connectivity index (χ1) is 64.8. The predicted molar refractivity (Wildman–Crippen MR) is 498 cm³/mol. The first-order valence-electron chi connectivity index (χ1n) is 47.5. The van der Waals surface area contributed by atoms with Crippen molar-refractivity contribution in [2.75, 3.05) is 141 Å². The molecule has 10 atom stereocenters. The van der Waals surface area contributed by atoms with E-state index in [0.29, 0.717) is 232 Å². The second-order valence-electron chi connectivity index (χ2n) is 36.5. The van der Waals surface area contributed by atoms with Gasteiger partial charge in [-0.05, 0) is 174 Å². The zero-order valence-corrected chi connectivity index (χ0v) is 78.2. The average molecular weight is 1850 g/mol. The van der Waals surface area contributed by atoms with Crippen molar-refractivity contribution in [2.24, 2.45) is 23.7 Å². The van der Waals surface area contributed by atoms with E-state index in [4.69, 9.17) is 73.6 Å². The smallest absolute Gasteiger partial charge is 0.410 e. The van der Waals surface area contributed by atoms with E-state index in [1.54, 1.807) is 31.2 Å². The Morgan fingerprint density at radius 1 is 0.672 bits per heavy atom. The van der Waals surface area contributed by atoms with Gasteiger partial charge < -0.3 is 98.5 Å². The number of nitrogens with two attached hydrogens (primary N) is 2. The fraction of sp³-hybridized carbons (Fsp3) is 0.582. The van der Waals surface area contributed by atoms with Crippen molar-refractivity contribution >= 4 is 87.2 Å². The van der Waals surface area contributed by atoms with Gasteiger partial charge in [-0.2, -0.15) is 10.1 Å². The Bertz CT molecular complexity index is 5320. The van der Waals surface area contributed by atoms with Crippen molar-refractivity contribution in [2.45, 2.75) is 225 Å². The van der Waals surface area contributed by atoms with E-state index in [0.717, 1.165) is 59.2 Å². The number of rotatable bonds is 27. The number of amides is 4. The molecule has 11 heterocycles. The summed E-state index contributed by atoms with van der Waals surface area (Å²) in [6.07, 6.45) is 23.3. The minimum Gasteiger partial charge on any atom is -0.461 e. The van der Waals surface area contributed by atoms with E-state index < -0.39 is 65.9 Å². The van der Waals surface area contributed by atoms with Crippen LogP contribution in [-0.4, -0.2) is 279 Å². The number of hydrogen-bond donors (Lipinski definition) is 5. The van der Waals surface area contributed by atoms with Gasteiger partial charge in [0.05, 0.1) is 101 Å². The number of allylic oxidation sites excluding steroid dienone is 6. The van der Waals surface area contributed by atoms with Crippen molar-refractivity contribution in [3.63, 3.8) is 0 Å². The number of ketones is 2. The Morgan fingerprint density at radius 3 is 2.15 bits per heavy atom. The fourth-order valence-electron chi connectivity index (χ4n) is 19.1. The number of nitrogens with zero attached hydrogens (tertiary/aromatic N) is 14. The summed E-state index contributed by atoms with van der Waals surface area (Å²) in [6, 6.07) is 10.9. The van der Waals surface area contributed by atoms with E-state index in [1.807, 2.05) is 85.9 Å². The molecule has 0 spiro atoms. The number of methoxy groups -OCH3 is 2. The number of ether oxygens (including phenoxy) is 9. The highest BCUT2D eigenvalue weighted by Gasteiger charge is 2.50. The summed E-state index contributed by atoms with van der Waals surface area (Å²) in [5, 5.41) is 32.0. The van der Waals surface area contributed by atoms with Crippen LogP contribution in [-0.2, 0) is 99.1 Å². The standard InChI is InChI=1S/C98H131N17O19/c1-62-14-9-8-10-15-64(3)81(125-6)54-76-16-13-33-98(124,134-76)88(119)92(121)114-35-12-11-17-79(114)93(122)131-74(25-18-63(2)51-66(5)86(118)87(126-7)85(117)65(4)50-62)26-20-67-21-27-75(28-22-67)132-97(123)113-37-31-77-73(60-113)57-104-96(108-77)111-40-38-110(39-41-111)95-102-55-72(56-103-95)91(120)101-34-43-128-45-47-130-49-48-129-46-44-127-42-32-82(116)112-36-30-69-52-68(19-23-71(69)59-112)58-115-90-83(89(99)105-61-106-90)84(109-115)70-24-29-80-78(53-70)107-94(100)133-80/h8-10,14-15,19,23-24,29,51-53,55-57,61-63,65,67,74-76,79,81,86-87,118,124H,11-13,16-18,20-22,25-28,30-50,54,58-60H2,1-7H3,(H2,100,107)(H,101,120)(H2,99,105,106)/b10-8+,14-9+,64-15+,66-51+/t62-,63+,65-,67-,74+,75-,76?,79+,81+,86-,87+,98-/m1/s1. The van der Waals surface area contributed by atoms with Crippen molar-refractivity contribution < 1.29 is 90.8 Å². The summed E-state index contributed by atoms with van der Waals surface area (Å²) in [4.78, 5) is 138. The van der Waals surface area contributed by atoms with E-state index in [9.17, 15) is 43.8 Å². The zero-order chi connectivity index (χ0) is 94.4. The number of carbonyl (C=O) groups is 7. The number of oxazole rings is 1. The molecule has 14 rings (SSSR count). The number of benzene rings is 2. The molecule has 1 unspecified atom stereocenters. The fourth-order valence-corrected chi connectivity index (χ4v) is 19.1. The lowest BCUT2D eigenvalue weighted by Gasteiger charge is -2.39. The second kappa shape index (κ2) is 47.4. The lowest BCUT2D eigenvalue weighted by Crippen LogP contribution is -2.58. The highest BCUT2D eigenvalue weighted by Crippen LogP contribution is 2.38. The number of esters is 1. The average Bonchev–Trinajstić information content (AvgIpc) is 1.63. The van der Waals surface area contributed by atoms with Crippen molar-refractivity contribution in [3.05, 3.63) is 142 Å². The first-order valence-corrected chi connectivity index (χ1v) is 47.5. The molecule has 36 heteroatoms. The van der Waals surface area contributed by atoms with Crippen LogP contribution in [0.25, 0.3) is 33.4 Å². The third-order valence-electron chi connectivity index (χ3n) is 26.7. The third kappa shape index (κ3) is 25.9. The summed E-state index contributed by atoms with van der Waals surface area (Å²) >= 11 is 0. The first kappa shape index (κ1) is 98.9. The molecule has 134 heavy (non-hydrogen) atoms. The number of anilines is 4. The third-order valence-corrected chi connectivity index (χ3v) is 26.7. The zero-order valence-electron chi connectivity index (χ0n) is 78.2. The second-order valence-corrected chi connectivity index (χ2v) is 36.5. The van der Waals surface area contributed by atoms with Gasteiger partial charge in [0.25, 0.3) is 23.6 Å². The number of Topliss-reactive ketones (excluding diaryl/α,β-unsaturated/α-hetero) is 2. The molecule has 36 nitrogen and oxygen atoms in total. The number of piperidine rings is 1. The van der Waals surface area contributed by atoms with Crippen molar-refractivity contribution in [1.82, 2.24) is 64.7 Å². The molecule has 7 N–H and O–H groups in total. The number of cyclic esters (lactones) is 1. The number of nitrogen functional groups attached to an aromatic ring is 2. The van der Waals surface area contributed by atoms with Crippen LogP contribution in [0.1, 0.15) is 182 Å². The topological polar surface area (TPSA) is 444 Å². The van der Waals surface area contributed by atoms with Gasteiger partial charge in [-0.1, -0.05) is 75.4 Å². The molecule has 6 aliphatic heterocycles. The molecule has 4 amide bonds. The van der Waals surface area contributed by atoms with E-state index in [-0.39, 0.29) is 99.1 Å². The molecular formula is C98H131N17O19. The largest absolute Gasteiger partial charge is 0.461 e. The Labute approximate surface area is 781 Å². The van der Waals surface area contributed by atoms with Crippen LogP contribution in [0.4, 0.5) is 28.5 Å². The number of nitrogens with one attached hydrogen (secondary N) is 1. The van der Waals surface area contributed by atoms with Crippen LogP contribution < -0.4 is 26.6 Å². The van der Waals surface area contributed by atoms with Gasteiger partial charge in [0.15, 0.2) is 17.0 Å². The van der Waals surface area contributed by atoms with Crippen molar-refractivity contribution in [3.8, 4) is 11.3 Å². The summed E-state index contributed by atoms with van der Waals surface area (Å²) in [5.41, 5.74) is 22.2. The van der Waals surface area contributed by atoms with Gasteiger partial charge in [0.2, 0.25) is 23.6 Å². The molecule has 3 saturated heterocycles. The lowest BCUT2D eigenvalue weighted by atomic mass is 9.83. The predicted octanol–water partition coefficient (Wildman–Crippen LogP) is 9.93. The monoisotopic (exact) mass is 1850 g/mol. The maximum Gasteiger partial charge on any atom is 0.410 e. The molecule has 0 radical (unpaired) electrons. The quantitative estimate of drug-likeness (QED) is 0.0138. The van der Waals surface area contributed by atoms with E-state index in [1.165, 1.54) is 36.3 Å². The molecule has 4 fully saturated rings. The summed E-state index contributed by atoms with van der Waals surface area (Å²) in [6.45, 7) is 17.5. The number of fused-ring (bicyclic) bond motifs is 7. The SMILES string of the molecule is CO[C@H]1CC2CCC[C@@](O)(O2)C(=O)C(=O)N2CCCC[C@H]2C(=O)O[C@H](CC[C@H]2CC[C@H](OC(=O)N3CCc4nc(N5CCN(c6ncc(C(=O)NCCOCCOCCOCCOCCC(=O)N7CCc8cc(Cn9nc(-c%10ccc%11oc(N)nc%11c%10)c%10c(N)ncnc%109)ccc8C7)cn6)CC5)ncc4C3)CC2)CC[C@H](C)/C=C(\C)[C@@H](O)[C@@H](OC)C(=O)[C@H](C)C[C@H](C)/C=C/C=C/C=C/1C. The van der Waals surface area contributed by atoms with Crippen LogP contribution in [0, 0.1) is 23.7 Å². The number of carbonyl (C=O) groups excluding carboxylic acids is 7. The van der Waals surface area contributed by atoms with Gasteiger partial charge in [-0.3, -0.25) is 24.0 Å². The van der Waals surface area contributed by atoms with Gasteiger partial charge in [0.1, 0.15) is 53.8 Å². The molecule has 2 aromatic carbocycles. The van der Waals surface area contributed by atoms with Crippen LogP contribution in [0.2, 0.25) is 0 Å². The number of aliphatic hydroxyl groups excluding tert-OH is 1. The number of piperazine rings is 1. The van der Waals surface area contributed by atoms with Gasteiger partial charge in [0, 0.05) is 128 Å². The van der Waals surface area contributed by atoms with Crippen LogP contribution in [0.5, 0.6) is 0 Å². The lowest BCUT2D eigenvalue weighted by molar-refractivity contribution is -0.245. The summed E-state index contributed by atoms with van der Waals surface area (Å²) < 4.78 is 60.4. The van der Waals surface area contributed by atoms with E-state index in [2.05, 4.69) is 58.2 Å². The number of hydrogen-bond acceptors (Lipinski definition) is 31. The molecule has 722 valence electrons. The molecule has 1 saturated carbocycles. The molecule has 5 aromatic heterocycles. The maximum atomic E-state index is 14.6. The molecule has 2 bridgehead atoms. The Hall–Kier alpha value is -11.1. The van der Waals surface area contributed by atoms with Gasteiger partial charge in [-0.25, -0.2) is 44.2 Å². The van der Waals surface area contributed by atoms with Crippen LogP contribution in [0.15, 0.2) is 113 Å².